The number of carbonyl (C=O) groups is 1. The van der Waals surface area contributed by atoms with Gasteiger partial charge in [0.25, 0.3) is 0 Å². The highest BCUT2D eigenvalue weighted by Gasteiger charge is 2.45. The lowest BCUT2D eigenvalue weighted by molar-refractivity contribution is -0.143. The molecule has 3 fully saturated rings. The number of aliphatic hydroxyl groups is 1. The van der Waals surface area contributed by atoms with Gasteiger partial charge >= 0.3 is 0 Å². The molecule has 0 aromatic rings. The van der Waals surface area contributed by atoms with Crippen molar-refractivity contribution >= 4 is 15.9 Å². The molecular weight excluding hydrogens is 292 g/mol. The van der Waals surface area contributed by atoms with E-state index in [1.807, 2.05) is 4.90 Å². The van der Waals surface area contributed by atoms with Crippen molar-refractivity contribution in [3.63, 3.8) is 0 Å². The summed E-state index contributed by atoms with van der Waals surface area (Å²) < 4.78 is 24.8. The van der Waals surface area contributed by atoms with Crippen LogP contribution >= 0.6 is 0 Å². The van der Waals surface area contributed by atoms with Crippen LogP contribution in [0.5, 0.6) is 0 Å². The molecule has 0 saturated carbocycles. The Balaban J connectivity index is 1.71. The Hall–Kier alpha value is -0.660. The number of amides is 1. The van der Waals surface area contributed by atoms with E-state index in [0.29, 0.717) is 25.9 Å². The van der Waals surface area contributed by atoms with Gasteiger partial charge in [-0.25, -0.2) is 12.7 Å². The third kappa shape index (κ3) is 2.96. The molecule has 3 aliphatic heterocycles. The highest BCUT2D eigenvalue weighted by molar-refractivity contribution is 7.88. The molecule has 6 nitrogen and oxygen atoms in total. The molecule has 3 rings (SSSR count). The standard InChI is InChI=1S/C14H24N2O4S/c1-21(19,20)15-6-2-3-10(9-15)14(18)16-11-4-5-12(16)8-13(17)7-11/h10-13,17H,2-9H2,1H3. The number of aliphatic hydroxyl groups excluding tert-OH is 1. The van der Waals surface area contributed by atoms with Crippen molar-refractivity contribution < 1.29 is 18.3 Å². The highest BCUT2D eigenvalue weighted by atomic mass is 32.2. The maximum atomic E-state index is 12.8. The summed E-state index contributed by atoms with van der Waals surface area (Å²) in [6.45, 7) is 0.838. The van der Waals surface area contributed by atoms with Gasteiger partial charge < -0.3 is 10.0 Å². The van der Waals surface area contributed by atoms with Crippen molar-refractivity contribution in [3.8, 4) is 0 Å². The van der Waals surface area contributed by atoms with Gasteiger partial charge in [0.05, 0.1) is 18.3 Å². The molecule has 0 radical (unpaired) electrons. The summed E-state index contributed by atoms with van der Waals surface area (Å²) in [7, 11) is -3.22. The quantitative estimate of drug-likeness (QED) is 0.788. The van der Waals surface area contributed by atoms with Crippen LogP contribution in [0, 0.1) is 5.92 Å². The fourth-order valence-corrected chi connectivity index (χ4v) is 5.08. The molecule has 3 saturated heterocycles. The summed E-state index contributed by atoms with van der Waals surface area (Å²) in [5.74, 6) is -0.116. The SMILES string of the molecule is CS(=O)(=O)N1CCCC(C(=O)N2C3CCC2CC(O)C3)C1. The number of hydrogen-bond donors (Lipinski definition) is 1. The van der Waals surface area contributed by atoms with Crippen LogP contribution < -0.4 is 0 Å². The smallest absolute Gasteiger partial charge is 0.227 e. The van der Waals surface area contributed by atoms with Gasteiger partial charge in [-0.05, 0) is 38.5 Å². The molecule has 3 atom stereocenters. The summed E-state index contributed by atoms with van der Waals surface area (Å²) in [6, 6.07) is 0.305. The number of sulfonamides is 1. The highest BCUT2D eigenvalue weighted by Crippen LogP contribution is 2.37. The number of nitrogens with zero attached hydrogens (tertiary/aromatic N) is 2. The zero-order chi connectivity index (χ0) is 15.2. The Kier molecular flexibility index (Phi) is 4.00. The second-order valence-corrected chi connectivity index (χ2v) is 8.70. The number of rotatable bonds is 2. The van der Waals surface area contributed by atoms with E-state index in [2.05, 4.69) is 0 Å². The molecule has 21 heavy (non-hydrogen) atoms. The summed E-state index contributed by atoms with van der Waals surface area (Å²) in [4.78, 5) is 14.8. The largest absolute Gasteiger partial charge is 0.393 e. The lowest BCUT2D eigenvalue weighted by Crippen LogP contribution is -2.53. The van der Waals surface area contributed by atoms with E-state index < -0.39 is 10.0 Å². The van der Waals surface area contributed by atoms with Crippen LogP contribution in [0.2, 0.25) is 0 Å². The minimum absolute atomic E-state index is 0.0998. The van der Waals surface area contributed by atoms with Gasteiger partial charge in [0.1, 0.15) is 0 Å². The maximum absolute atomic E-state index is 12.8. The molecule has 0 aromatic heterocycles. The Bertz CT molecular complexity index is 507. The predicted molar refractivity (Wildman–Crippen MR) is 78.0 cm³/mol. The van der Waals surface area contributed by atoms with Gasteiger partial charge in [0, 0.05) is 25.2 Å². The first-order valence-corrected chi connectivity index (χ1v) is 9.66. The zero-order valence-corrected chi connectivity index (χ0v) is 13.3. The Morgan fingerprint density at radius 1 is 1.14 bits per heavy atom. The minimum Gasteiger partial charge on any atom is -0.393 e. The monoisotopic (exact) mass is 316 g/mol. The second-order valence-electron chi connectivity index (χ2n) is 6.72. The molecule has 1 N–H and O–H groups in total. The molecule has 1 amide bonds. The molecular formula is C14H24N2O4S. The maximum Gasteiger partial charge on any atom is 0.227 e. The van der Waals surface area contributed by atoms with E-state index in [9.17, 15) is 18.3 Å². The zero-order valence-electron chi connectivity index (χ0n) is 12.4. The van der Waals surface area contributed by atoms with Crippen molar-refractivity contribution in [1.29, 1.82) is 0 Å². The number of carbonyl (C=O) groups excluding carboxylic acids is 1. The van der Waals surface area contributed by atoms with Crippen LogP contribution in [0.1, 0.15) is 38.5 Å². The van der Waals surface area contributed by atoms with Gasteiger partial charge in [-0.3, -0.25) is 4.79 Å². The van der Waals surface area contributed by atoms with Crippen molar-refractivity contribution in [3.05, 3.63) is 0 Å². The Morgan fingerprint density at radius 3 is 2.33 bits per heavy atom. The fraction of sp³-hybridized carbons (Fsp3) is 0.929. The van der Waals surface area contributed by atoms with Gasteiger partial charge in [-0.2, -0.15) is 0 Å². The van der Waals surface area contributed by atoms with Crippen LogP contribution in [0.4, 0.5) is 0 Å². The van der Waals surface area contributed by atoms with Crippen LogP contribution in [-0.4, -0.2) is 66.2 Å². The topological polar surface area (TPSA) is 77.9 Å². The molecule has 0 aliphatic carbocycles. The molecule has 3 unspecified atom stereocenters. The van der Waals surface area contributed by atoms with Crippen molar-refractivity contribution in [2.75, 3.05) is 19.3 Å². The van der Waals surface area contributed by atoms with E-state index in [-0.39, 0.29) is 30.0 Å². The molecule has 7 heteroatoms. The van der Waals surface area contributed by atoms with Crippen LogP contribution in [0.25, 0.3) is 0 Å². The average Bonchev–Trinajstić information content (AvgIpc) is 2.69. The van der Waals surface area contributed by atoms with Crippen molar-refractivity contribution in [1.82, 2.24) is 9.21 Å². The molecule has 120 valence electrons. The number of hydrogen-bond acceptors (Lipinski definition) is 4. The lowest BCUT2D eigenvalue weighted by atomic mass is 9.93. The van der Waals surface area contributed by atoms with Crippen molar-refractivity contribution in [2.24, 2.45) is 5.92 Å². The van der Waals surface area contributed by atoms with Crippen LogP contribution in [-0.2, 0) is 14.8 Å². The minimum atomic E-state index is -3.22. The summed E-state index contributed by atoms with van der Waals surface area (Å²) >= 11 is 0. The van der Waals surface area contributed by atoms with Crippen molar-refractivity contribution in [2.45, 2.75) is 56.7 Å². The third-order valence-corrected chi connectivity index (χ3v) is 6.43. The second kappa shape index (κ2) is 5.52. The predicted octanol–water partition coefficient (Wildman–Crippen LogP) is 0.172. The first-order valence-electron chi connectivity index (χ1n) is 7.81. The Labute approximate surface area is 126 Å². The van der Waals surface area contributed by atoms with Gasteiger partial charge in [-0.1, -0.05) is 0 Å². The molecule has 3 heterocycles. The fourth-order valence-electron chi connectivity index (χ4n) is 4.16. The molecule has 0 aromatic carbocycles. The van der Waals surface area contributed by atoms with Gasteiger partial charge in [0.2, 0.25) is 15.9 Å². The first-order chi connectivity index (χ1) is 9.86. The van der Waals surface area contributed by atoms with Gasteiger partial charge in [-0.15, -0.1) is 0 Å². The molecule has 2 bridgehead atoms. The normalized spacial score (nSPS) is 37.7. The Morgan fingerprint density at radius 2 is 1.76 bits per heavy atom. The number of fused-ring (bicyclic) bond motifs is 2. The first kappa shape index (κ1) is 15.2. The summed E-state index contributed by atoms with van der Waals surface area (Å²) in [5.41, 5.74) is 0. The summed E-state index contributed by atoms with van der Waals surface area (Å²) in [5, 5.41) is 9.82. The third-order valence-electron chi connectivity index (χ3n) is 5.17. The van der Waals surface area contributed by atoms with Gasteiger partial charge in [0.15, 0.2) is 0 Å². The number of piperidine rings is 2. The van der Waals surface area contributed by atoms with E-state index in [4.69, 9.17) is 0 Å². The average molecular weight is 316 g/mol. The van der Waals surface area contributed by atoms with E-state index in [1.54, 1.807) is 0 Å². The van der Waals surface area contributed by atoms with Crippen LogP contribution in [0.3, 0.4) is 0 Å². The lowest BCUT2D eigenvalue weighted by Gasteiger charge is -2.41. The van der Waals surface area contributed by atoms with E-state index >= 15 is 0 Å². The molecule has 0 spiro atoms. The van der Waals surface area contributed by atoms with E-state index in [0.717, 1.165) is 25.7 Å². The molecule has 3 aliphatic rings. The van der Waals surface area contributed by atoms with Crippen LogP contribution in [0.15, 0.2) is 0 Å². The van der Waals surface area contributed by atoms with E-state index in [1.165, 1.54) is 10.6 Å². The summed E-state index contributed by atoms with van der Waals surface area (Å²) in [6.07, 6.45) is 5.71.